The molecule has 0 aromatic heterocycles. The van der Waals surface area contributed by atoms with Crippen LogP contribution in [-0.2, 0) is 12.8 Å². The summed E-state index contributed by atoms with van der Waals surface area (Å²) in [6.45, 7) is 0. The van der Waals surface area contributed by atoms with Gasteiger partial charge in [0.15, 0.2) is 0 Å². The number of aliphatic hydroxyl groups is 2. The molecule has 124 valence electrons. The third-order valence-corrected chi connectivity index (χ3v) is 5.13. The van der Waals surface area contributed by atoms with E-state index in [4.69, 9.17) is 23.2 Å². The van der Waals surface area contributed by atoms with Gasteiger partial charge in [-0.3, -0.25) is 0 Å². The molecule has 0 fully saturated rings. The molecule has 0 heterocycles. The molecule has 0 spiro atoms. The van der Waals surface area contributed by atoms with Gasteiger partial charge in [-0.1, -0.05) is 47.5 Å². The number of benzene rings is 2. The lowest BCUT2D eigenvalue weighted by atomic mass is 10.1. The highest BCUT2D eigenvalue weighted by Crippen LogP contribution is 2.16. The zero-order valence-electron chi connectivity index (χ0n) is 12.7. The van der Waals surface area contributed by atoms with Crippen LogP contribution in [-0.4, -0.2) is 33.9 Å². The summed E-state index contributed by atoms with van der Waals surface area (Å²) in [7, 11) is 0. The minimum atomic E-state index is -0.427. The van der Waals surface area contributed by atoms with E-state index in [1.807, 2.05) is 48.5 Å². The van der Waals surface area contributed by atoms with Crippen molar-refractivity contribution in [2.24, 2.45) is 0 Å². The molecule has 2 atom stereocenters. The maximum Gasteiger partial charge on any atom is 0.0670 e. The first-order chi connectivity index (χ1) is 11.0. The molecule has 2 nitrogen and oxygen atoms in total. The molecule has 0 bridgehead atoms. The minimum absolute atomic E-state index is 0.427. The Morgan fingerprint density at radius 2 is 1.04 bits per heavy atom. The lowest BCUT2D eigenvalue weighted by Gasteiger charge is -2.13. The first kappa shape index (κ1) is 18.6. The zero-order chi connectivity index (χ0) is 16.7. The average Bonchev–Trinajstić information content (AvgIpc) is 2.52. The molecule has 0 saturated heterocycles. The molecule has 5 heteroatoms. The lowest BCUT2D eigenvalue weighted by molar-refractivity contribution is 0.195. The summed E-state index contributed by atoms with van der Waals surface area (Å²) in [6, 6.07) is 15.0. The molecule has 23 heavy (non-hydrogen) atoms. The molecule has 2 aromatic carbocycles. The predicted octanol–water partition coefficient (Wildman–Crippen LogP) is 4.23. The number of halogens is 2. The van der Waals surface area contributed by atoms with Crippen LogP contribution in [0.1, 0.15) is 11.1 Å². The number of hydrogen-bond donors (Lipinski definition) is 2. The highest BCUT2D eigenvalue weighted by Gasteiger charge is 2.10. The van der Waals surface area contributed by atoms with Gasteiger partial charge in [0.05, 0.1) is 12.2 Å². The number of hydrogen-bond acceptors (Lipinski definition) is 3. The summed E-state index contributed by atoms with van der Waals surface area (Å²) in [4.78, 5) is 0. The van der Waals surface area contributed by atoms with E-state index in [-0.39, 0.29) is 0 Å². The summed E-state index contributed by atoms with van der Waals surface area (Å²) in [5.41, 5.74) is 2.12. The molecule has 0 saturated carbocycles. The molecule has 0 radical (unpaired) electrons. The number of thioether (sulfide) groups is 1. The van der Waals surface area contributed by atoms with Gasteiger partial charge in [-0.25, -0.2) is 0 Å². The van der Waals surface area contributed by atoms with Crippen molar-refractivity contribution in [3.8, 4) is 0 Å². The zero-order valence-corrected chi connectivity index (χ0v) is 15.0. The molecule has 0 aliphatic carbocycles. The molecule has 2 N–H and O–H groups in total. The van der Waals surface area contributed by atoms with Crippen LogP contribution in [0.15, 0.2) is 48.5 Å². The van der Waals surface area contributed by atoms with Gasteiger partial charge in [-0.05, 0) is 48.2 Å². The Balaban J connectivity index is 1.67. The Labute approximate surface area is 151 Å². The Kier molecular flexibility index (Phi) is 7.74. The van der Waals surface area contributed by atoms with Crippen LogP contribution < -0.4 is 0 Å². The molecular formula is C18H20Cl2O2S. The standard InChI is InChI=1S/C18H20Cl2O2S/c19-15-5-1-13(2-6-15)9-17(21)11-23-12-18(22)10-14-3-7-16(20)8-4-14/h1-8,17-18,21-22H,9-12H2. The van der Waals surface area contributed by atoms with Gasteiger partial charge in [0.1, 0.15) is 0 Å². The van der Waals surface area contributed by atoms with E-state index in [2.05, 4.69) is 0 Å². The van der Waals surface area contributed by atoms with Crippen LogP contribution in [0.25, 0.3) is 0 Å². The Hall–Kier alpha value is -0.710. The van der Waals surface area contributed by atoms with Crippen molar-refractivity contribution in [1.82, 2.24) is 0 Å². The monoisotopic (exact) mass is 370 g/mol. The quantitative estimate of drug-likeness (QED) is 0.730. The molecule has 0 aliphatic rings. The topological polar surface area (TPSA) is 40.5 Å². The average molecular weight is 371 g/mol. The van der Waals surface area contributed by atoms with Crippen molar-refractivity contribution in [2.75, 3.05) is 11.5 Å². The molecule has 2 aromatic rings. The van der Waals surface area contributed by atoms with Gasteiger partial charge in [0, 0.05) is 21.6 Å². The fourth-order valence-electron chi connectivity index (χ4n) is 2.24. The fourth-order valence-corrected chi connectivity index (χ4v) is 3.41. The van der Waals surface area contributed by atoms with E-state index in [0.29, 0.717) is 34.4 Å². The highest BCUT2D eigenvalue weighted by atomic mass is 35.5. The maximum absolute atomic E-state index is 10.1. The SMILES string of the molecule is OC(CSCC(O)Cc1ccc(Cl)cc1)Cc1ccc(Cl)cc1. The van der Waals surface area contributed by atoms with Crippen LogP contribution >= 0.6 is 35.0 Å². The normalized spacial score (nSPS) is 13.7. The van der Waals surface area contributed by atoms with E-state index in [1.54, 1.807) is 11.8 Å². The van der Waals surface area contributed by atoms with E-state index < -0.39 is 12.2 Å². The van der Waals surface area contributed by atoms with E-state index in [0.717, 1.165) is 11.1 Å². The second-order valence-electron chi connectivity index (χ2n) is 5.51. The third-order valence-electron chi connectivity index (χ3n) is 3.39. The van der Waals surface area contributed by atoms with E-state index in [9.17, 15) is 10.2 Å². The van der Waals surface area contributed by atoms with Gasteiger partial charge in [0.25, 0.3) is 0 Å². The first-order valence-electron chi connectivity index (χ1n) is 7.45. The minimum Gasteiger partial charge on any atom is -0.392 e. The van der Waals surface area contributed by atoms with Crippen LogP contribution in [0, 0.1) is 0 Å². The summed E-state index contributed by atoms with van der Waals surface area (Å²) < 4.78 is 0. The van der Waals surface area contributed by atoms with E-state index in [1.165, 1.54) is 0 Å². The Bertz CT molecular complexity index is 533. The molecule has 2 unspecified atom stereocenters. The smallest absolute Gasteiger partial charge is 0.0670 e. The lowest BCUT2D eigenvalue weighted by Crippen LogP contribution is -2.18. The predicted molar refractivity (Wildman–Crippen MR) is 99.7 cm³/mol. The molecular weight excluding hydrogens is 351 g/mol. The number of rotatable bonds is 8. The van der Waals surface area contributed by atoms with Crippen LogP contribution in [0.4, 0.5) is 0 Å². The largest absolute Gasteiger partial charge is 0.392 e. The van der Waals surface area contributed by atoms with Gasteiger partial charge >= 0.3 is 0 Å². The van der Waals surface area contributed by atoms with Crippen molar-refractivity contribution in [2.45, 2.75) is 25.0 Å². The molecule has 0 aliphatic heterocycles. The van der Waals surface area contributed by atoms with Crippen molar-refractivity contribution in [1.29, 1.82) is 0 Å². The third kappa shape index (κ3) is 7.15. The van der Waals surface area contributed by atoms with Crippen molar-refractivity contribution in [3.63, 3.8) is 0 Å². The Morgan fingerprint density at radius 1 is 0.696 bits per heavy atom. The highest BCUT2D eigenvalue weighted by molar-refractivity contribution is 7.99. The first-order valence-corrected chi connectivity index (χ1v) is 9.37. The van der Waals surface area contributed by atoms with Crippen LogP contribution in [0.3, 0.4) is 0 Å². The van der Waals surface area contributed by atoms with Crippen molar-refractivity contribution in [3.05, 3.63) is 69.7 Å². The molecule has 0 amide bonds. The second kappa shape index (κ2) is 9.55. The summed E-state index contributed by atoms with van der Waals surface area (Å²) in [5, 5.41) is 21.5. The summed E-state index contributed by atoms with van der Waals surface area (Å²) in [5.74, 6) is 1.20. The van der Waals surface area contributed by atoms with Crippen LogP contribution in [0.5, 0.6) is 0 Å². The van der Waals surface area contributed by atoms with Crippen molar-refractivity contribution < 1.29 is 10.2 Å². The van der Waals surface area contributed by atoms with Crippen LogP contribution in [0.2, 0.25) is 10.0 Å². The van der Waals surface area contributed by atoms with Gasteiger partial charge in [-0.15, -0.1) is 0 Å². The summed E-state index contributed by atoms with van der Waals surface area (Å²) in [6.07, 6.45) is 0.336. The van der Waals surface area contributed by atoms with Gasteiger partial charge in [-0.2, -0.15) is 11.8 Å². The van der Waals surface area contributed by atoms with Gasteiger partial charge in [0.2, 0.25) is 0 Å². The second-order valence-corrected chi connectivity index (χ2v) is 7.45. The number of aliphatic hydroxyl groups excluding tert-OH is 2. The fraction of sp³-hybridized carbons (Fsp3) is 0.333. The Morgan fingerprint density at radius 3 is 1.39 bits per heavy atom. The van der Waals surface area contributed by atoms with Gasteiger partial charge < -0.3 is 10.2 Å². The molecule has 2 rings (SSSR count). The maximum atomic E-state index is 10.1. The van der Waals surface area contributed by atoms with Crippen molar-refractivity contribution >= 4 is 35.0 Å². The summed E-state index contributed by atoms with van der Waals surface area (Å²) >= 11 is 13.2. The van der Waals surface area contributed by atoms with E-state index >= 15 is 0 Å².